The summed E-state index contributed by atoms with van der Waals surface area (Å²) in [7, 11) is 1.56. The van der Waals surface area contributed by atoms with Gasteiger partial charge in [-0.25, -0.2) is 19.4 Å². The Morgan fingerprint density at radius 1 is 1.10 bits per heavy atom. The number of amides is 2. The third-order valence-electron chi connectivity index (χ3n) is 7.69. The second-order valence-corrected chi connectivity index (χ2v) is 10.0. The van der Waals surface area contributed by atoms with E-state index in [4.69, 9.17) is 15.6 Å². The number of nitrogens with one attached hydrogen (secondary N) is 1. The molecule has 2 amide bonds. The molecule has 11 heteroatoms. The average Bonchev–Trinajstić information content (AvgIpc) is 3.67. The Morgan fingerprint density at radius 2 is 1.87 bits per heavy atom. The van der Waals surface area contributed by atoms with E-state index < -0.39 is 6.09 Å². The van der Waals surface area contributed by atoms with E-state index in [1.165, 1.54) is 16.8 Å². The number of aromatic nitrogens is 4. The number of carboxylic acid groups (broad SMARTS) is 1. The molecule has 2 atom stereocenters. The Morgan fingerprint density at radius 3 is 2.59 bits per heavy atom. The number of methoxy groups -OCH3 is 1. The first-order valence-electron chi connectivity index (χ1n) is 13.0. The van der Waals surface area contributed by atoms with Crippen LogP contribution in [0.1, 0.15) is 36.8 Å². The summed E-state index contributed by atoms with van der Waals surface area (Å²) in [5, 5.41) is 17.9. The molecule has 39 heavy (non-hydrogen) atoms. The molecule has 4 N–H and O–H groups in total. The van der Waals surface area contributed by atoms with Crippen LogP contribution in [0.4, 0.5) is 16.3 Å². The van der Waals surface area contributed by atoms with Gasteiger partial charge in [0.2, 0.25) is 5.91 Å². The van der Waals surface area contributed by atoms with Crippen LogP contribution in [-0.4, -0.2) is 62.0 Å². The minimum atomic E-state index is -0.914. The van der Waals surface area contributed by atoms with Crippen LogP contribution in [0.25, 0.3) is 22.3 Å². The van der Waals surface area contributed by atoms with Crippen molar-refractivity contribution >= 4 is 34.5 Å². The second-order valence-electron chi connectivity index (χ2n) is 10.0. The van der Waals surface area contributed by atoms with Crippen molar-refractivity contribution in [1.29, 1.82) is 0 Å². The van der Waals surface area contributed by atoms with Gasteiger partial charge in [0.05, 0.1) is 24.2 Å². The molecule has 2 fully saturated rings. The first kappa shape index (κ1) is 24.7. The lowest BCUT2D eigenvalue weighted by molar-refractivity contribution is -0.117. The molecule has 4 aromatic rings. The number of nitrogen functional groups attached to an aromatic ring is 1. The first-order chi connectivity index (χ1) is 18.9. The first-order valence-corrected chi connectivity index (χ1v) is 13.0. The molecule has 1 aliphatic heterocycles. The number of likely N-dealkylation sites (tertiary alicyclic amines) is 1. The number of hydrogen-bond acceptors (Lipinski definition) is 7. The van der Waals surface area contributed by atoms with Crippen molar-refractivity contribution in [1.82, 2.24) is 24.6 Å². The molecule has 2 aromatic heterocycles. The predicted molar refractivity (Wildman–Crippen MR) is 146 cm³/mol. The van der Waals surface area contributed by atoms with E-state index in [9.17, 15) is 14.7 Å². The number of rotatable bonds is 6. The molecule has 1 saturated carbocycles. The number of carbonyl (C=O) groups excluding carboxylic acids is 1. The zero-order valence-corrected chi connectivity index (χ0v) is 21.4. The molecule has 2 unspecified atom stereocenters. The maximum Gasteiger partial charge on any atom is 0.407 e. The number of nitrogens with two attached hydrogens (primary N) is 1. The number of carbonyl (C=O) groups is 2. The van der Waals surface area contributed by atoms with Crippen molar-refractivity contribution < 1.29 is 19.4 Å². The Bertz CT molecular complexity index is 1550. The maximum atomic E-state index is 13.0. The van der Waals surface area contributed by atoms with Crippen LogP contribution in [-0.2, 0) is 4.79 Å². The van der Waals surface area contributed by atoms with Gasteiger partial charge in [-0.1, -0.05) is 36.4 Å². The summed E-state index contributed by atoms with van der Waals surface area (Å²) in [6.45, 7) is 0.844. The lowest BCUT2D eigenvalue weighted by Gasteiger charge is -2.30. The van der Waals surface area contributed by atoms with E-state index in [1.54, 1.807) is 7.11 Å². The van der Waals surface area contributed by atoms with Crippen LogP contribution < -0.4 is 15.8 Å². The van der Waals surface area contributed by atoms with Crippen LogP contribution in [0.2, 0.25) is 0 Å². The Hall–Kier alpha value is -4.67. The summed E-state index contributed by atoms with van der Waals surface area (Å²) in [6.07, 6.45) is 2.55. The molecule has 1 saturated heterocycles. The van der Waals surface area contributed by atoms with Gasteiger partial charge in [0.25, 0.3) is 0 Å². The van der Waals surface area contributed by atoms with Crippen molar-refractivity contribution in [2.24, 2.45) is 5.92 Å². The molecule has 6 rings (SSSR count). The molecule has 0 spiro atoms. The largest absolute Gasteiger partial charge is 0.495 e. The van der Waals surface area contributed by atoms with Crippen LogP contribution in [0.3, 0.4) is 0 Å². The highest BCUT2D eigenvalue weighted by molar-refractivity contribution is 6.00. The van der Waals surface area contributed by atoms with E-state index in [1.807, 2.05) is 41.1 Å². The molecule has 0 bridgehead atoms. The monoisotopic (exact) mass is 527 g/mol. The highest BCUT2D eigenvalue weighted by atomic mass is 16.5. The number of ether oxygens (including phenoxy) is 1. The van der Waals surface area contributed by atoms with Gasteiger partial charge in [0.1, 0.15) is 23.6 Å². The summed E-state index contributed by atoms with van der Waals surface area (Å²) in [5.41, 5.74) is 9.99. The Kier molecular flexibility index (Phi) is 6.26. The second kappa shape index (κ2) is 9.90. The molecule has 11 nitrogen and oxygen atoms in total. The zero-order valence-electron chi connectivity index (χ0n) is 21.4. The molecule has 2 aliphatic rings. The Balaban J connectivity index is 1.27. The van der Waals surface area contributed by atoms with Crippen LogP contribution in [0.15, 0.2) is 54.9 Å². The van der Waals surface area contributed by atoms with E-state index in [0.29, 0.717) is 59.9 Å². The number of hydrogen-bond donors (Lipinski definition) is 3. The quantitative estimate of drug-likeness (QED) is 0.339. The van der Waals surface area contributed by atoms with Gasteiger partial charge in [0, 0.05) is 24.6 Å². The van der Waals surface area contributed by atoms with Crippen LogP contribution in [0, 0.1) is 5.92 Å². The maximum absolute atomic E-state index is 13.0. The Labute approximate surface area is 224 Å². The molecule has 200 valence electrons. The normalized spacial score (nSPS) is 19.2. The van der Waals surface area contributed by atoms with Gasteiger partial charge in [0.15, 0.2) is 5.65 Å². The zero-order chi connectivity index (χ0) is 27.1. The summed E-state index contributed by atoms with van der Waals surface area (Å²) in [6, 6.07) is 15.5. The van der Waals surface area contributed by atoms with Gasteiger partial charge >= 0.3 is 6.09 Å². The third kappa shape index (κ3) is 4.60. The summed E-state index contributed by atoms with van der Waals surface area (Å²) in [5.74, 6) is 0.944. The van der Waals surface area contributed by atoms with Crippen molar-refractivity contribution in [3.8, 4) is 17.0 Å². The summed E-state index contributed by atoms with van der Waals surface area (Å²) in [4.78, 5) is 34.4. The summed E-state index contributed by atoms with van der Waals surface area (Å²) < 4.78 is 7.48. The van der Waals surface area contributed by atoms with Crippen LogP contribution in [0.5, 0.6) is 5.75 Å². The minimum Gasteiger partial charge on any atom is -0.495 e. The van der Waals surface area contributed by atoms with Gasteiger partial charge in [-0.15, -0.1) is 0 Å². The number of nitrogens with zero attached hydrogens (tertiary/aromatic N) is 5. The van der Waals surface area contributed by atoms with Gasteiger partial charge < -0.3 is 25.8 Å². The van der Waals surface area contributed by atoms with Gasteiger partial charge in [-0.05, 0) is 42.9 Å². The van der Waals surface area contributed by atoms with Crippen molar-refractivity contribution in [2.75, 3.05) is 31.2 Å². The van der Waals surface area contributed by atoms with Gasteiger partial charge in [-0.3, -0.25) is 4.79 Å². The number of fused-ring (bicyclic) bond motifs is 1. The molecule has 2 aromatic carbocycles. The van der Waals surface area contributed by atoms with E-state index in [0.717, 1.165) is 12.0 Å². The fourth-order valence-electron chi connectivity index (χ4n) is 5.47. The van der Waals surface area contributed by atoms with Crippen LogP contribution >= 0.6 is 0 Å². The smallest absolute Gasteiger partial charge is 0.407 e. The van der Waals surface area contributed by atoms with E-state index in [2.05, 4.69) is 27.4 Å². The lowest BCUT2D eigenvalue weighted by atomic mass is 10.1. The number of benzene rings is 2. The average molecular weight is 528 g/mol. The SMILES string of the molecule is COc1cc(-c2nn(C3CCN(C(=O)O)CC3)c3ncnc(N)c23)ccc1NC(=O)C1CC1c1ccccc1. The minimum absolute atomic E-state index is 0.0253. The fraction of sp³-hybridized carbons (Fsp3) is 0.321. The molecular formula is C28H29N7O4. The molecule has 0 radical (unpaired) electrons. The standard InChI is InChI=1S/C28H29N7O4/c1-39-22-13-17(7-8-21(22)32-27(36)20-14-19(20)16-5-3-2-4-6-16)24-23-25(29)30-15-31-26(23)35(33-24)18-9-11-34(12-10-18)28(37)38/h2-8,13,15,18-20H,9-12,14H2,1H3,(H,32,36)(H,37,38)(H2,29,30,31). The van der Waals surface area contributed by atoms with Crippen molar-refractivity contribution in [3.63, 3.8) is 0 Å². The molecular weight excluding hydrogens is 498 g/mol. The van der Waals surface area contributed by atoms with E-state index >= 15 is 0 Å². The van der Waals surface area contributed by atoms with Gasteiger partial charge in [-0.2, -0.15) is 5.10 Å². The number of piperidine rings is 1. The highest BCUT2D eigenvalue weighted by Crippen LogP contribution is 2.48. The fourth-order valence-corrected chi connectivity index (χ4v) is 5.47. The van der Waals surface area contributed by atoms with E-state index in [-0.39, 0.29) is 23.8 Å². The predicted octanol–water partition coefficient (Wildman–Crippen LogP) is 4.14. The third-order valence-corrected chi connectivity index (χ3v) is 7.69. The van der Waals surface area contributed by atoms with Crippen molar-refractivity contribution in [2.45, 2.75) is 31.2 Å². The summed E-state index contributed by atoms with van der Waals surface area (Å²) >= 11 is 0. The highest BCUT2D eigenvalue weighted by Gasteiger charge is 2.44. The molecule has 3 heterocycles. The van der Waals surface area contributed by atoms with Crippen molar-refractivity contribution in [3.05, 3.63) is 60.4 Å². The number of anilines is 2. The molecule has 1 aliphatic carbocycles. The lowest BCUT2D eigenvalue weighted by Crippen LogP contribution is -2.38. The topological polar surface area (TPSA) is 148 Å².